The molecule has 0 aliphatic carbocycles. The molecule has 0 aliphatic rings. The van der Waals surface area contributed by atoms with Gasteiger partial charge in [0.25, 0.3) is 5.91 Å². The normalized spacial score (nSPS) is 11.0. The zero-order chi connectivity index (χ0) is 17.0. The van der Waals surface area contributed by atoms with E-state index in [1.165, 1.54) is 11.6 Å². The van der Waals surface area contributed by atoms with Gasteiger partial charge in [-0.1, -0.05) is 38.1 Å². The molecule has 2 rings (SSSR count). The molecule has 0 aliphatic heterocycles. The van der Waals surface area contributed by atoms with Crippen LogP contribution < -0.4 is 5.32 Å². The molecule has 0 atom stereocenters. The Labute approximate surface area is 136 Å². The van der Waals surface area contributed by atoms with Crippen molar-refractivity contribution in [2.24, 2.45) is 0 Å². The monoisotopic (exact) mass is 308 g/mol. The first-order chi connectivity index (χ1) is 10.9. The van der Waals surface area contributed by atoms with Crippen LogP contribution in [0.15, 0.2) is 34.8 Å². The fourth-order valence-electron chi connectivity index (χ4n) is 2.17. The van der Waals surface area contributed by atoms with E-state index in [4.69, 9.17) is 9.68 Å². The van der Waals surface area contributed by atoms with Crippen LogP contribution in [0.5, 0.6) is 0 Å². The number of benzene rings is 1. The summed E-state index contributed by atoms with van der Waals surface area (Å²) in [5.41, 5.74) is 3.31. The quantitative estimate of drug-likeness (QED) is 0.843. The van der Waals surface area contributed by atoms with Crippen molar-refractivity contribution in [3.8, 4) is 6.07 Å². The molecule has 1 N–H and O–H groups in total. The van der Waals surface area contributed by atoms with E-state index in [0.29, 0.717) is 17.2 Å². The zero-order valence-corrected chi connectivity index (χ0v) is 13.8. The van der Waals surface area contributed by atoms with Crippen LogP contribution in [-0.4, -0.2) is 5.91 Å². The number of carbonyl (C=O) groups excluding carboxylic acids is 1. The minimum atomic E-state index is -0.330. The smallest absolute Gasteiger partial charge is 0.250 e. The molecule has 2 aromatic rings. The highest BCUT2D eigenvalue weighted by molar-refractivity contribution is 6.01. The summed E-state index contributed by atoms with van der Waals surface area (Å²) in [4.78, 5) is 12.0. The highest BCUT2D eigenvalue weighted by Crippen LogP contribution is 2.25. The summed E-state index contributed by atoms with van der Waals surface area (Å²) >= 11 is 0. The maximum absolute atomic E-state index is 12.0. The Hall–Kier alpha value is -2.80. The Morgan fingerprint density at radius 3 is 2.48 bits per heavy atom. The molecule has 0 fully saturated rings. The van der Waals surface area contributed by atoms with E-state index in [9.17, 15) is 4.79 Å². The molecule has 1 aromatic heterocycles. The van der Waals surface area contributed by atoms with Gasteiger partial charge in [-0.05, 0) is 37.0 Å². The predicted octanol–water partition coefficient (Wildman–Crippen LogP) is 4.54. The van der Waals surface area contributed by atoms with Crippen molar-refractivity contribution in [2.45, 2.75) is 33.6 Å². The van der Waals surface area contributed by atoms with Gasteiger partial charge >= 0.3 is 0 Å². The highest BCUT2D eigenvalue weighted by atomic mass is 16.4. The lowest BCUT2D eigenvalue weighted by molar-refractivity contribution is -0.111. The summed E-state index contributed by atoms with van der Waals surface area (Å²) in [7, 11) is 0. The van der Waals surface area contributed by atoms with Gasteiger partial charge in [0.2, 0.25) is 5.88 Å². The van der Waals surface area contributed by atoms with Gasteiger partial charge in [0.05, 0.1) is 0 Å². The molecular formula is C19H20N2O2. The summed E-state index contributed by atoms with van der Waals surface area (Å²) in [6, 6.07) is 10.1. The Morgan fingerprint density at radius 1 is 1.26 bits per heavy atom. The van der Waals surface area contributed by atoms with Crippen molar-refractivity contribution in [3.63, 3.8) is 0 Å². The second-order valence-corrected chi connectivity index (χ2v) is 5.74. The Morgan fingerprint density at radius 2 is 1.91 bits per heavy atom. The number of aryl methyl sites for hydroxylation is 1. The lowest BCUT2D eigenvalue weighted by Gasteiger charge is -2.04. The predicted molar refractivity (Wildman–Crippen MR) is 91.1 cm³/mol. The number of nitriles is 1. The van der Waals surface area contributed by atoms with Crippen LogP contribution in [0, 0.1) is 25.2 Å². The molecule has 118 valence electrons. The number of hydrogen-bond donors (Lipinski definition) is 1. The minimum Gasteiger partial charge on any atom is -0.444 e. The third-order valence-corrected chi connectivity index (χ3v) is 3.76. The van der Waals surface area contributed by atoms with Crippen LogP contribution in [0.4, 0.5) is 5.88 Å². The third-order valence-electron chi connectivity index (χ3n) is 3.76. The van der Waals surface area contributed by atoms with Gasteiger partial charge in [0.1, 0.15) is 17.4 Å². The first-order valence-electron chi connectivity index (χ1n) is 7.51. The lowest BCUT2D eigenvalue weighted by Crippen LogP contribution is -2.08. The van der Waals surface area contributed by atoms with Crippen LogP contribution in [0.2, 0.25) is 0 Å². The maximum Gasteiger partial charge on any atom is 0.250 e. The highest BCUT2D eigenvalue weighted by Gasteiger charge is 2.15. The van der Waals surface area contributed by atoms with Gasteiger partial charge in [-0.2, -0.15) is 5.26 Å². The summed E-state index contributed by atoms with van der Waals surface area (Å²) in [5, 5.41) is 11.7. The van der Waals surface area contributed by atoms with E-state index >= 15 is 0 Å². The molecule has 1 aromatic carbocycles. The number of hydrogen-bond acceptors (Lipinski definition) is 3. The molecule has 0 bridgehead atoms. The van der Waals surface area contributed by atoms with E-state index in [1.807, 2.05) is 18.2 Å². The molecule has 4 nitrogen and oxygen atoms in total. The first kappa shape index (κ1) is 16.6. The van der Waals surface area contributed by atoms with Crippen LogP contribution in [0.25, 0.3) is 6.08 Å². The molecule has 0 unspecified atom stereocenters. The second kappa shape index (κ2) is 6.97. The number of furan rings is 1. The summed E-state index contributed by atoms with van der Waals surface area (Å²) in [6.07, 6.45) is 3.16. The molecule has 4 heteroatoms. The van der Waals surface area contributed by atoms with Gasteiger partial charge in [0, 0.05) is 11.6 Å². The number of nitrogens with one attached hydrogen (secondary N) is 1. The third kappa shape index (κ3) is 3.89. The summed E-state index contributed by atoms with van der Waals surface area (Å²) in [6.45, 7) is 7.83. The number of nitrogens with zero attached hydrogens (tertiary/aromatic N) is 1. The Kier molecular flexibility index (Phi) is 5.02. The summed E-state index contributed by atoms with van der Waals surface area (Å²) in [5.74, 6) is 0.978. The molecule has 0 radical (unpaired) electrons. The van der Waals surface area contributed by atoms with Gasteiger partial charge in [-0.15, -0.1) is 0 Å². The van der Waals surface area contributed by atoms with E-state index in [-0.39, 0.29) is 11.8 Å². The van der Waals surface area contributed by atoms with Crippen LogP contribution in [0.3, 0.4) is 0 Å². The number of anilines is 1. The second-order valence-electron chi connectivity index (χ2n) is 5.74. The number of carbonyl (C=O) groups is 1. The molecule has 1 heterocycles. The van der Waals surface area contributed by atoms with Crippen molar-refractivity contribution in [3.05, 3.63) is 58.4 Å². The fourth-order valence-corrected chi connectivity index (χ4v) is 2.17. The van der Waals surface area contributed by atoms with Gasteiger partial charge in [-0.25, -0.2) is 0 Å². The minimum absolute atomic E-state index is 0.201. The molecule has 1 amide bonds. The fraction of sp³-hybridized carbons (Fsp3) is 0.263. The molecule has 0 saturated heterocycles. The van der Waals surface area contributed by atoms with Crippen molar-refractivity contribution >= 4 is 17.9 Å². The van der Waals surface area contributed by atoms with Gasteiger partial charge in [0.15, 0.2) is 0 Å². The van der Waals surface area contributed by atoms with Crippen molar-refractivity contribution in [1.82, 2.24) is 0 Å². The van der Waals surface area contributed by atoms with Crippen molar-refractivity contribution < 1.29 is 9.21 Å². The van der Waals surface area contributed by atoms with E-state index in [0.717, 1.165) is 11.1 Å². The molecule has 23 heavy (non-hydrogen) atoms. The first-order valence-corrected chi connectivity index (χ1v) is 7.51. The van der Waals surface area contributed by atoms with Crippen LogP contribution in [-0.2, 0) is 4.79 Å². The standard InChI is InChI=1S/C19H20N2O2/c1-12(2)16-8-5-15(6-9-16)7-10-18(22)21-19-17(11-20)13(3)14(4)23-19/h5-10,12H,1-4H3,(H,21,22)/b10-7+. The average Bonchev–Trinajstić information content (AvgIpc) is 2.79. The maximum atomic E-state index is 12.0. The van der Waals surface area contributed by atoms with Gasteiger partial charge < -0.3 is 4.42 Å². The van der Waals surface area contributed by atoms with Crippen molar-refractivity contribution in [2.75, 3.05) is 5.32 Å². The molecule has 0 saturated carbocycles. The van der Waals surface area contributed by atoms with Gasteiger partial charge in [-0.3, -0.25) is 10.1 Å². The SMILES string of the molecule is Cc1oc(NC(=O)/C=C/c2ccc(C(C)C)cc2)c(C#N)c1C. The lowest BCUT2D eigenvalue weighted by atomic mass is 10.0. The number of rotatable bonds is 4. The van der Waals surface area contributed by atoms with Crippen LogP contribution in [0.1, 0.15) is 47.8 Å². The average molecular weight is 308 g/mol. The largest absolute Gasteiger partial charge is 0.444 e. The Balaban J connectivity index is 2.08. The van der Waals surface area contributed by atoms with E-state index < -0.39 is 0 Å². The Bertz CT molecular complexity index is 775. The van der Waals surface area contributed by atoms with Crippen molar-refractivity contribution in [1.29, 1.82) is 5.26 Å². The zero-order valence-electron chi connectivity index (χ0n) is 13.8. The van der Waals surface area contributed by atoms with E-state index in [2.05, 4.69) is 31.3 Å². The van der Waals surface area contributed by atoms with E-state index in [1.54, 1.807) is 19.9 Å². The molecular weight excluding hydrogens is 288 g/mol. The number of amides is 1. The summed E-state index contributed by atoms with van der Waals surface area (Å²) < 4.78 is 5.41. The topological polar surface area (TPSA) is 66.0 Å². The van der Waals surface area contributed by atoms with Crippen LogP contribution >= 0.6 is 0 Å². The molecule has 0 spiro atoms.